The molecule has 0 aromatic carbocycles. The second kappa shape index (κ2) is 6.66. The van der Waals surface area contributed by atoms with Crippen LogP contribution in [0.1, 0.15) is 34.8 Å². The average Bonchev–Trinajstić information content (AvgIpc) is 2.80. The number of hydrogen-bond donors (Lipinski definition) is 1. The number of nitrogens with zero attached hydrogens (tertiary/aromatic N) is 1. The van der Waals surface area contributed by atoms with Gasteiger partial charge in [-0.2, -0.15) is 11.8 Å². The number of hydrogen-bond acceptors (Lipinski definition) is 4. The van der Waals surface area contributed by atoms with E-state index in [9.17, 15) is 4.79 Å². The SMILES string of the molecule is CC1(C)CCN(C(=O)c2ccc(C#CCO)s2)CCS1. The first kappa shape index (κ1) is 15.4. The van der Waals surface area contributed by atoms with E-state index in [-0.39, 0.29) is 17.3 Å². The van der Waals surface area contributed by atoms with Crippen LogP contribution < -0.4 is 0 Å². The van der Waals surface area contributed by atoms with E-state index in [1.807, 2.05) is 28.8 Å². The predicted octanol–water partition coefficient (Wildman–Crippen LogP) is 2.45. The van der Waals surface area contributed by atoms with Crippen LogP contribution in [0.5, 0.6) is 0 Å². The molecule has 3 nitrogen and oxygen atoms in total. The van der Waals surface area contributed by atoms with Crippen molar-refractivity contribution in [1.82, 2.24) is 4.90 Å². The second-order valence-corrected chi connectivity index (χ2v) is 8.16. The minimum absolute atomic E-state index is 0.102. The molecule has 1 fully saturated rings. The van der Waals surface area contributed by atoms with Gasteiger partial charge < -0.3 is 10.0 Å². The summed E-state index contributed by atoms with van der Waals surface area (Å²) in [6.45, 7) is 5.94. The fraction of sp³-hybridized carbons (Fsp3) is 0.533. The standard InChI is InChI=1S/C15H19NO2S2/c1-15(2)7-8-16(9-11-19-15)14(18)13-6-5-12(20-13)4-3-10-17/h5-6,17H,7-11H2,1-2H3. The average molecular weight is 309 g/mol. The summed E-state index contributed by atoms with van der Waals surface area (Å²) in [5, 5.41) is 8.68. The zero-order valence-corrected chi connectivity index (χ0v) is 13.4. The third-order valence-electron chi connectivity index (χ3n) is 3.23. The number of rotatable bonds is 1. The predicted molar refractivity (Wildman–Crippen MR) is 85.3 cm³/mol. The number of thioether (sulfide) groups is 1. The number of carbonyl (C=O) groups is 1. The second-order valence-electron chi connectivity index (χ2n) is 5.27. The maximum absolute atomic E-state index is 12.5. The van der Waals surface area contributed by atoms with Gasteiger partial charge in [0.1, 0.15) is 6.61 Å². The zero-order chi connectivity index (χ0) is 14.6. The number of carbonyl (C=O) groups excluding carboxylic acids is 1. The number of aliphatic hydroxyl groups excluding tert-OH is 1. The highest BCUT2D eigenvalue weighted by molar-refractivity contribution is 8.00. The minimum atomic E-state index is -0.153. The molecule has 0 unspecified atom stereocenters. The van der Waals surface area contributed by atoms with Crippen LogP contribution in [0.2, 0.25) is 0 Å². The Kier molecular flexibility index (Phi) is 5.14. The topological polar surface area (TPSA) is 40.5 Å². The normalized spacial score (nSPS) is 18.1. The van der Waals surface area contributed by atoms with Crippen LogP contribution in [0, 0.1) is 11.8 Å². The van der Waals surface area contributed by atoms with E-state index in [1.54, 1.807) is 0 Å². The molecule has 1 aromatic rings. The van der Waals surface area contributed by atoms with Crippen LogP contribution in [0.3, 0.4) is 0 Å². The van der Waals surface area contributed by atoms with Gasteiger partial charge in [-0.05, 0) is 18.6 Å². The van der Waals surface area contributed by atoms with E-state index >= 15 is 0 Å². The van der Waals surface area contributed by atoms with Gasteiger partial charge in [-0.3, -0.25) is 4.79 Å². The fourth-order valence-corrected chi connectivity index (χ4v) is 3.97. The Hall–Kier alpha value is -0.960. The summed E-state index contributed by atoms with van der Waals surface area (Å²) in [4.78, 5) is 16.0. The highest BCUT2D eigenvalue weighted by Gasteiger charge is 2.26. The van der Waals surface area contributed by atoms with Gasteiger partial charge in [0.15, 0.2) is 0 Å². The maximum atomic E-state index is 12.5. The quantitative estimate of drug-likeness (QED) is 0.810. The molecule has 1 N–H and O–H groups in total. The van der Waals surface area contributed by atoms with E-state index in [0.717, 1.165) is 35.0 Å². The van der Waals surface area contributed by atoms with E-state index in [0.29, 0.717) is 0 Å². The fourth-order valence-electron chi connectivity index (χ4n) is 2.03. The van der Waals surface area contributed by atoms with Crippen molar-refractivity contribution in [2.75, 3.05) is 25.4 Å². The Bertz CT molecular complexity index is 540. The van der Waals surface area contributed by atoms with Crippen LogP contribution in [0.4, 0.5) is 0 Å². The summed E-state index contributed by atoms with van der Waals surface area (Å²) in [5.74, 6) is 6.54. The smallest absolute Gasteiger partial charge is 0.263 e. The van der Waals surface area contributed by atoms with Crippen molar-refractivity contribution in [2.45, 2.75) is 25.0 Å². The molecule has 1 aliphatic rings. The molecule has 0 spiro atoms. The van der Waals surface area contributed by atoms with Crippen molar-refractivity contribution in [1.29, 1.82) is 0 Å². The van der Waals surface area contributed by atoms with E-state index in [2.05, 4.69) is 25.7 Å². The molecular formula is C15H19NO2S2. The monoisotopic (exact) mass is 309 g/mol. The first-order valence-corrected chi connectivity index (χ1v) is 8.45. The molecule has 1 saturated heterocycles. The maximum Gasteiger partial charge on any atom is 0.263 e. The summed E-state index contributed by atoms with van der Waals surface area (Å²) in [7, 11) is 0. The molecule has 1 aliphatic heterocycles. The van der Waals surface area contributed by atoms with Crippen molar-refractivity contribution in [3.05, 3.63) is 21.9 Å². The molecule has 108 valence electrons. The molecule has 0 saturated carbocycles. The van der Waals surface area contributed by atoms with Gasteiger partial charge in [0.25, 0.3) is 5.91 Å². The van der Waals surface area contributed by atoms with Gasteiger partial charge in [-0.15, -0.1) is 11.3 Å². The lowest BCUT2D eigenvalue weighted by Crippen LogP contribution is -2.33. The van der Waals surface area contributed by atoms with Crippen LogP contribution in [-0.2, 0) is 0 Å². The third kappa shape index (κ3) is 4.02. The zero-order valence-electron chi connectivity index (χ0n) is 11.8. The van der Waals surface area contributed by atoms with Crippen LogP contribution >= 0.6 is 23.1 Å². The molecule has 0 bridgehead atoms. The lowest BCUT2D eigenvalue weighted by atomic mass is 10.1. The van der Waals surface area contributed by atoms with Crippen molar-refractivity contribution in [2.24, 2.45) is 0 Å². The Morgan fingerprint density at radius 3 is 3.00 bits per heavy atom. The summed E-state index contributed by atoms with van der Waals surface area (Å²) in [5.41, 5.74) is 0. The van der Waals surface area contributed by atoms with Gasteiger partial charge in [0.2, 0.25) is 0 Å². The van der Waals surface area contributed by atoms with E-state index in [4.69, 9.17) is 5.11 Å². The van der Waals surface area contributed by atoms with E-state index < -0.39 is 0 Å². The lowest BCUT2D eigenvalue weighted by molar-refractivity contribution is 0.0769. The molecule has 20 heavy (non-hydrogen) atoms. The summed E-state index contributed by atoms with van der Waals surface area (Å²) in [6.07, 6.45) is 1.02. The van der Waals surface area contributed by atoms with Gasteiger partial charge in [-0.1, -0.05) is 25.7 Å². The summed E-state index contributed by atoms with van der Waals surface area (Å²) < 4.78 is 0.252. The molecule has 1 amide bonds. The van der Waals surface area contributed by atoms with E-state index in [1.165, 1.54) is 11.3 Å². The first-order chi connectivity index (χ1) is 9.52. The van der Waals surface area contributed by atoms with Gasteiger partial charge in [-0.25, -0.2) is 0 Å². The van der Waals surface area contributed by atoms with Crippen molar-refractivity contribution < 1.29 is 9.90 Å². The van der Waals surface area contributed by atoms with Crippen LogP contribution in [-0.4, -0.2) is 46.1 Å². The Morgan fingerprint density at radius 2 is 2.25 bits per heavy atom. The Morgan fingerprint density at radius 1 is 1.45 bits per heavy atom. The molecule has 2 heterocycles. The van der Waals surface area contributed by atoms with Crippen molar-refractivity contribution in [3.63, 3.8) is 0 Å². The largest absolute Gasteiger partial charge is 0.384 e. The van der Waals surface area contributed by atoms with Gasteiger partial charge in [0.05, 0.1) is 9.75 Å². The molecule has 2 rings (SSSR count). The van der Waals surface area contributed by atoms with Crippen molar-refractivity contribution in [3.8, 4) is 11.8 Å². The number of aliphatic hydroxyl groups is 1. The summed E-state index contributed by atoms with van der Waals surface area (Å²) in [6, 6.07) is 3.68. The molecule has 1 aromatic heterocycles. The highest BCUT2D eigenvalue weighted by Crippen LogP contribution is 2.31. The Balaban J connectivity index is 2.05. The van der Waals surface area contributed by atoms with Crippen molar-refractivity contribution >= 4 is 29.0 Å². The molecule has 0 atom stereocenters. The third-order valence-corrected chi connectivity index (χ3v) is 5.59. The molecule has 0 aliphatic carbocycles. The van der Waals surface area contributed by atoms with Crippen LogP contribution in [0.25, 0.3) is 0 Å². The minimum Gasteiger partial charge on any atom is -0.384 e. The molecular weight excluding hydrogens is 290 g/mol. The van der Waals surface area contributed by atoms with Crippen LogP contribution in [0.15, 0.2) is 12.1 Å². The van der Waals surface area contributed by atoms with Gasteiger partial charge >= 0.3 is 0 Å². The summed E-state index contributed by atoms with van der Waals surface area (Å²) >= 11 is 3.33. The molecule has 0 radical (unpaired) electrons. The number of thiophene rings is 1. The molecule has 5 heteroatoms. The highest BCUT2D eigenvalue weighted by atomic mass is 32.2. The first-order valence-electron chi connectivity index (χ1n) is 6.65. The van der Waals surface area contributed by atoms with Gasteiger partial charge in [0, 0.05) is 23.6 Å². The number of amides is 1. The Labute approximate surface area is 128 Å². The lowest BCUT2D eigenvalue weighted by Gasteiger charge is -2.22.